The Morgan fingerprint density at radius 2 is 2.03 bits per heavy atom. The van der Waals surface area contributed by atoms with Crippen molar-refractivity contribution in [2.45, 2.75) is 64.7 Å². The maximum atomic E-state index is 12.9. The van der Waals surface area contributed by atoms with Crippen LogP contribution in [0.25, 0.3) is 10.9 Å². The molecule has 0 radical (unpaired) electrons. The monoisotopic (exact) mass is 448 g/mol. The quantitative estimate of drug-likeness (QED) is 0.431. The van der Waals surface area contributed by atoms with Crippen molar-refractivity contribution < 1.29 is 0 Å². The first-order valence-corrected chi connectivity index (χ1v) is 12.2. The molecular weight excluding hydrogens is 420 g/mol. The largest absolute Gasteiger partial charge is 0.322 e. The van der Waals surface area contributed by atoms with Gasteiger partial charge in [0.05, 0.1) is 12.6 Å². The number of tetrazole rings is 1. The third-order valence-corrected chi connectivity index (χ3v) is 7.21. The van der Waals surface area contributed by atoms with E-state index in [0.29, 0.717) is 19.1 Å². The van der Waals surface area contributed by atoms with Crippen molar-refractivity contribution in [3.8, 4) is 0 Å². The molecule has 1 aliphatic rings. The van der Waals surface area contributed by atoms with E-state index in [0.717, 1.165) is 48.1 Å². The minimum Gasteiger partial charge on any atom is -0.322 e. The van der Waals surface area contributed by atoms with Gasteiger partial charge in [0.15, 0.2) is 5.82 Å². The number of thiophene rings is 1. The van der Waals surface area contributed by atoms with Gasteiger partial charge in [-0.3, -0.25) is 9.69 Å². The summed E-state index contributed by atoms with van der Waals surface area (Å²) >= 11 is 1.73. The Bertz CT molecular complexity index is 1240. The van der Waals surface area contributed by atoms with E-state index in [1.807, 2.05) is 16.8 Å². The molecule has 1 aromatic carbocycles. The molecule has 0 aliphatic heterocycles. The first-order chi connectivity index (χ1) is 15.7. The van der Waals surface area contributed by atoms with Gasteiger partial charge in [0.25, 0.3) is 5.56 Å². The van der Waals surface area contributed by atoms with Gasteiger partial charge < -0.3 is 4.98 Å². The van der Waals surface area contributed by atoms with Crippen LogP contribution in [0.3, 0.4) is 0 Å². The smallest absolute Gasteiger partial charge is 0.252 e. The summed E-state index contributed by atoms with van der Waals surface area (Å²) in [4.78, 5) is 19.5. The Labute approximate surface area is 191 Å². The molecular formula is C24H28N6OS. The van der Waals surface area contributed by atoms with E-state index in [9.17, 15) is 4.79 Å². The normalized spacial score (nSPS) is 14.7. The summed E-state index contributed by atoms with van der Waals surface area (Å²) in [5.41, 5.74) is 2.88. The molecule has 3 aromatic heterocycles. The first kappa shape index (κ1) is 21.0. The topological polar surface area (TPSA) is 79.7 Å². The van der Waals surface area contributed by atoms with Crippen LogP contribution in [0.15, 0.2) is 46.6 Å². The fourth-order valence-corrected chi connectivity index (χ4v) is 5.37. The highest BCUT2D eigenvalue weighted by Gasteiger charge is 2.23. The number of hydrogen-bond acceptors (Lipinski definition) is 6. The number of rotatable bonds is 8. The molecule has 3 heterocycles. The van der Waals surface area contributed by atoms with Crippen LogP contribution in [0.1, 0.15) is 60.5 Å². The van der Waals surface area contributed by atoms with Crippen molar-refractivity contribution in [1.82, 2.24) is 30.1 Å². The molecule has 8 heteroatoms. The van der Waals surface area contributed by atoms with Gasteiger partial charge in [0, 0.05) is 29.0 Å². The van der Waals surface area contributed by atoms with E-state index < -0.39 is 0 Å². The van der Waals surface area contributed by atoms with E-state index in [1.165, 1.54) is 23.3 Å². The lowest BCUT2D eigenvalue weighted by Gasteiger charge is -2.22. The van der Waals surface area contributed by atoms with Crippen LogP contribution < -0.4 is 5.56 Å². The van der Waals surface area contributed by atoms with Gasteiger partial charge in [0.1, 0.15) is 0 Å². The van der Waals surface area contributed by atoms with Crippen LogP contribution in [0.2, 0.25) is 0 Å². The molecule has 0 spiro atoms. The number of nitrogens with zero attached hydrogens (tertiary/aromatic N) is 5. The number of pyridine rings is 1. The van der Waals surface area contributed by atoms with Crippen molar-refractivity contribution in [3.05, 3.63) is 74.0 Å². The lowest BCUT2D eigenvalue weighted by molar-refractivity contribution is 0.234. The third-order valence-electron chi connectivity index (χ3n) is 6.34. The molecule has 0 bridgehead atoms. The molecule has 32 heavy (non-hydrogen) atoms. The van der Waals surface area contributed by atoms with Crippen molar-refractivity contribution >= 4 is 22.2 Å². The average Bonchev–Trinajstić information content (AvgIpc) is 3.57. The van der Waals surface area contributed by atoms with Gasteiger partial charge in [-0.15, -0.1) is 16.4 Å². The lowest BCUT2D eigenvalue weighted by Crippen LogP contribution is -2.28. The molecule has 0 saturated heterocycles. The number of benzene rings is 1. The van der Waals surface area contributed by atoms with Crippen LogP contribution in [0.5, 0.6) is 0 Å². The fourth-order valence-electron chi connectivity index (χ4n) is 4.62. The molecule has 0 amide bonds. The second-order valence-electron chi connectivity index (χ2n) is 8.60. The molecule has 1 saturated carbocycles. The van der Waals surface area contributed by atoms with Gasteiger partial charge in [-0.25, -0.2) is 4.68 Å². The molecule has 0 unspecified atom stereocenters. The zero-order valence-electron chi connectivity index (χ0n) is 18.3. The van der Waals surface area contributed by atoms with Crippen molar-refractivity contribution in [1.29, 1.82) is 0 Å². The van der Waals surface area contributed by atoms with E-state index in [1.54, 1.807) is 11.3 Å². The first-order valence-electron chi connectivity index (χ1n) is 11.4. The van der Waals surface area contributed by atoms with Gasteiger partial charge in [-0.2, -0.15) is 0 Å². The van der Waals surface area contributed by atoms with Gasteiger partial charge >= 0.3 is 0 Å². The molecule has 1 aliphatic carbocycles. The third kappa shape index (κ3) is 4.52. The number of aryl methyl sites for hydroxylation is 1. The zero-order valence-corrected chi connectivity index (χ0v) is 19.1. The summed E-state index contributed by atoms with van der Waals surface area (Å²) in [7, 11) is 0. The van der Waals surface area contributed by atoms with Gasteiger partial charge in [0.2, 0.25) is 0 Å². The lowest BCUT2D eigenvalue weighted by atomic mass is 10.1. The number of fused-ring (bicyclic) bond motifs is 1. The van der Waals surface area contributed by atoms with Crippen molar-refractivity contribution in [2.75, 3.05) is 0 Å². The number of nitrogens with one attached hydrogen (secondary N) is 1. The summed E-state index contributed by atoms with van der Waals surface area (Å²) in [6.45, 7) is 4.04. The summed E-state index contributed by atoms with van der Waals surface area (Å²) < 4.78 is 2.01. The Balaban J connectivity index is 1.44. The van der Waals surface area contributed by atoms with Gasteiger partial charge in [-0.1, -0.05) is 31.9 Å². The van der Waals surface area contributed by atoms with Crippen molar-refractivity contribution in [3.63, 3.8) is 0 Å². The fraction of sp³-hybridized carbons (Fsp3) is 0.417. The highest BCUT2D eigenvalue weighted by Crippen LogP contribution is 2.29. The number of hydrogen-bond donors (Lipinski definition) is 1. The average molecular weight is 449 g/mol. The Kier molecular flexibility index (Phi) is 6.14. The highest BCUT2D eigenvalue weighted by molar-refractivity contribution is 7.09. The van der Waals surface area contributed by atoms with Crippen LogP contribution >= 0.6 is 11.3 Å². The molecule has 1 fully saturated rings. The molecule has 0 atom stereocenters. The number of aromatic amines is 1. The molecule has 7 nitrogen and oxygen atoms in total. The standard InChI is InChI=1S/C24H28N6OS/c1-2-17-9-10-22-18(12-17)13-19(24(31)25-22)14-29(15-21-8-5-11-32-21)16-23-26-27-28-30(23)20-6-3-4-7-20/h5,8-13,20H,2-4,6-7,14-16H2,1H3,(H,25,31). The molecule has 4 aromatic rings. The van der Waals surface area contributed by atoms with Crippen LogP contribution in [0, 0.1) is 0 Å². The number of aromatic nitrogens is 5. The van der Waals surface area contributed by atoms with Crippen molar-refractivity contribution in [2.24, 2.45) is 0 Å². The molecule has 1 N–H and O–H groups in total. The van der Waals surface area contributed by atoms with E-state index in [4.69, 9.17) is 0 Å². The Hall–Kier alpha value is -2.84. The molecule has 5 rings (SSSR count). The predicted octanol–water partition coefficient (Wildman–Crippen LogP) is 4.46. The van der Waals surface area contributed by atoms with E-state index >= 15 is 0 Å². The summed E-state index contributed by atoms with van der Waals surface area (Å²) in [5, 5.41) is 15.8. The minimum atomic E-state index is -0.0340. The second-order valence-corrected chi connectivity index (χ2v) is 9.63. The van der Waals surface area contributed by atoms with Crippen LogP contribution in [0.4, 0.5) is 0 Å². The SMILES string of the molecule is CCc1ccc2[nH]c(=O)c(CN(Cc3cccs3)Cc3nnnn3C3CCCC3)cc2c1. The van der Waals surface area contributed by atoms with Crippen LogP contribution in [-0.2, 0) is 26.1 Å². The Morgan fingerprint density at radius 3 is 2.81 bits per heavy atom. The van der Waals surface area contributed by atoms with E-state index in [2.05, 4.69) is 62.0 Å². The van der Waals surface area contributed by atoms with E-state index in [-0.39, 0.29) is 5.56 Å². The molecule has 166 valence electrons. The summed E-state index contributed by atoms with van der Waals surface area (Å²) in [6, 6.07) is 12.9. The Morgan fingerprint density at radius 1 is 1.16 bits per heavy atom. The maximum Gasteiger partial charge on any atom is 0.252 e. The summed E-state index contributed by atoms with van der Waals surface area (Å²) in [6.07, 6.45) is 5.70. The maximum absolute atomic E-state index is 12.9. The number of H-pyrrole nitrogens is 1. The second kappa shape index (κ2) is 9.34. The predicted molar refractivity (Wildman–Crippen MR) is 127 cm³/mol. The van der Waals surface area contributed by atoms with Crippen LogP contribution in [-0.4, -0.2) is 30.1 Å². The summed E-state index contributed by atoms with van der Waals surface area (Å²) in [5.74, 6) is 0.874. The zero-order chi connectivity index (χ0) is 21.9. The highest BCUT2D eigenvalue weighted by atomic mass is 32.1. The minimum absolute atomic E-state index is 0.0340. The van der Waals surface area contributed by atoms with Gasteiger partial charge in [-0.05, 0) is 70.3 Å².